The van der Waals surface area contributed by atoms with Gasteiger partial charge in [-0.3, -0.25) is 9.59 Å². The molecule has 8 nitrogen and oxygen atoms in total. The Kier molecular flexibility index (Phi) is 12.3. The Balaban J connectivity index is 0.000000375. The summed E-state index contributed by atoms with van der Waals surface area (Å²) in [6.07, 6.45) is 3.42. The van der Waals surface area contributed by atoms with Crippen molar-refractivity contribution >= 4 is 17.9 Å². The van der Waals surface area contributed by atoms with Gasteiger partial charge in [0.05, 0.1) is 13.0 Å². The molecular weight excluding hydrogens is 344 g/mol. The lowest BCUT2D eigenvalue weighted by Crippen LogP contribution is -2.14. The summed E-state index contributed by atoms with van der Waals surface area (Å²) in [5.74, 6) is -0.878. The minimum atomic E-state index is -0.979. The van der Waals surface area contributed by atoms with Crippen LogP contribution in [0.5, 0.6) is 0 Å². The minimum absolute atomic E-state index is 0.0394. The van der Waals surface area contributed by atoms with Crippen LogP contribution in [0, 0.1) is 5.92 Å². The first-order valence-corrected chi connectivity index (χ1v) is 8.85. The fourth-order valence-corrected chi connectivity index (χ4v) is 2.34. The van der Waals surface area contributed by atoms with E-state index in [2.05, 4.69) is 14.2 Å². The Hall–Kier alpha value is -1.93. The van der Waals surface area contributed by atoms with Crippen molar-refractivity contribution in [2.24, 2.45) is 5.92 Å². The molecular formula is C18H30O8. The average molecular weight is 374 g/mol. The molecule has 0 aromatic rings. The number of carbonyl (C=O) groups is 3. The first-order chi connectivity index (χ1) is 12.2. The maximum absolute atomic E-state index is 10.6. The zero-order valence-corrected chi connectivity index (χ0v) is 15.9. The molecule has 3 atom stereocenters. The van der Waals surface area contributed by atoms with Gasteiger partial charge in [0.25, 0.3) is 0 Å². The molecule has 8 heteroatoms. The van der Waals surface area contributed by atoms with Crippen molar-refractivity contribution in [3.05, 3.63) is 11.6 Å². The third-order valence-electron chi connectivity index (χ3n) is 3.48. The molecule has 150 valence electrons. The van der Waals surface area contributed by atoms with E-state index in [1.54, 1.807) is 6.92 Å². The molecule has 0 bridgehead atoms. The number of cyclic esters (lactones) is 2. The molecule has 2 aliphatic heterocycles. The van der Waals surface area contributed by atoms with Crippen molar-refractivity contribution < 1.29 is 38.8 Å². The van der Waals surface area contributed by atoms with Crippen molar-refractivity contribution in [1.29, 1.82) is 0 Å². The molecule has 3 unspecified atom stereocenters. The predicted octanol–water partition coefficient (Wildman–Crippen LogP) is 1.83. The lowest BCUT2D eigenvalue weighted by molar-refractivity contribution is -0.156. The molecule has 26 heavy (non-hydrogen) atoms. The number of aliphatic hydroxyl groups is 2. The second kappa shape index (κ2) is 13.3. The van der Waals surface area contributed by atoms with E-state index in [0.29, 0.717) is 18.6 Å². The highest BCUT2D eigenvalue weighted by atomic mass is 16.6. The summed E-state index contributed by atoms with van der Waals surface area (Å²) in [5, 5.41) is 18.0. The lowest BCUT2D eigenvalue weighted by atomic mass is 10.0. The van der Waals surface area contributed by atoms with Crippen LogP contribution in [0.2, 0.25) is 0 Å². The van der Waals surface area contributed by atoms with Gasteiger partial charge in [0, 0.05) is 24.5 Å². The Labute approximate surface area is 154 Å². The van der Waals surface area contributed by atoms with E-state index >= 15 is 0 Å². The maximum atomic E-state index is 10.6. The Morgan fingerprint density at radius 2 is 1.85 bits per heavy atom. The first kappa shape index (κ1) is 24.1. The smallest absolute Gasteiger partial charge is 0.333 e. The van der Waals surface area contributed by atoms with Gasteiger partial charge in [-0.15, -0.1) is 0 Å². The molecule has 0 aliphatic carbocycles. The minimum Gasteiger partial charge on any atom is -0.466 e. The molecule has 0 saturated carbocycles. The molecule has 0 amide bonds. The molecule has 2 heterocycles. The molecule has 1 saturated heterocycles. The molecule has 0 aromatic heterocycles. The molecule has 2 rings (SSSR count). The van der Waals surface area contributed by atoms with E-state index in [0.717, 1.165) is 25.7 Å². The monoisotopic (exact) mass is 374 g/mol. The summed E-state index contributed by atoms with van der Waals surface area (Å²) < 4.78 is 13.4. The van der Waals surface area contributed by atoms with Gasteiger partial charge in [0.15, 0.2) is 0 Å². The maximum Gasteiger partial charge on any atom is 0.333 e. The van der Waals surface area contributed by atoms with Gasteiger partial charge in [0.1, 0.15) is 0 Å². The predicted molar refractivity (Wildman–Crippen MR) is 92.5 cm³/mol. The summed E-state index contributed by atoms with van der Waals surface area (Å²) >= 11 is 0. The summed E-state index contributed by atoms with van der Waals surface area (Å²) in [6, 6.07) is 0. The Bertz CT molecular complexity index is 486. The fourth-order valence-electron chi connectivity index (χ4n) is 2.34. The van der Waals surface area contributed by atoms with Crippen molar-refractivity contribution in [2.75, 3.05) is 6.61 Å². The van der Waals surface area contributed by atoms with Crippen LogP contribution in [-0.2, 0) is 28.6 Å². The highest BCUT2D eigenvalue weighted by molar-refractivity contribution is 5.85. The molecule has 2 N–H and O–H groups in total. The summed E-state index contributed by atoms with van der Waals surface area (Å²) in [6.45, 7) is 7.66. The molecule has 0 spiro atoms. The number of ether oxygens (including phenoxy) is 3. The van der Waals surface area contributed by atoms with Gasteiger partial charge < -0.3 is 24.4 Å². The van der Waals surface area contributed by atoms with E-state index in [1.807, 2.05) is 13.8 Å². The Morgan fingerprint density at radius 1 is 1.19 bits per heavy atom. The van der Waals surface area contributed by atoms with E-state index < -0.39 is 18.5 Å². The largest absolute Gasteiger partial charge is 0.466 e. The van der Waals surface area contributed by atoms with Crippen LogP contribution >= 0.6 is 0 Å². The number of carbonyl (C=O) groups excluding carboxylic acids is 3. The van der Waals surface area contributed by atoms with Crippen molar-refractivity contribution in [2.45, 2.75) is 72.4 Å². The lowest BCUT2D eigenvalue weighted by Gasteiger charge is -2.08. The van der Waals surface area contributed by atoms with Gasteiger partial charge in [-0.05, 0) is 19.8 Å². The fraction of sp³-hybridized carbons (Fsp3) is 0.722. The standard InChI is InChI=1S/C7H12O3.C7H10O3.C4H8O2/c2*1-2-3-5-4-6(8)10-7(5)9;1-3-6-4(2)5/h5,7,9H,2-4H2,1H3;4,7,9H,2-3H2,1H3;3H2,1-2H3. The summed E-state index contributed by atoms with van der Waals surface area (Å²) in [5.41, 5.74) is 0.688. The quantitative estimate of drug-likeness (QED) is 0.552. The normalized spacial score (nSPS) is 23.6. The van der Waals surface area contributed by atoms with Crippen LogP contribution in [0.3, 0.4) is 0 Å². The number of hydrogen-bond donors (Lipinski definition) is 2. The van der Waals surface area contributed by atoms with E-state index in [1.165, 1.54) is 13.0 Å². The number of rotatable bonds is 5. The molecule has 0 radical (unpaired) electrons. The van der Waals surface area contributed by atoms with Crippen molar-refractivity contribution in [3.8, 4) is 0 Å². The van der Waals surface area contributed by atoms with Crippen molar-refractivity contribution in [1.82, 2.24) is 0 Å². The van der Waals surface area contributed by atoms with Gasteiger partial charge in [0.2, 0.25) is 12.6 Å². The molecule has 2 aliphatic rings. The van der Waals surface area contributed by atoms with E-state index in [9.17, 15) is 14.4 Å². The second-order valence-electron chi connectivity index (χ2n) is 5.82. The Morgan fingerprint density at radius 3 is 2.15 bits per heavy atom. The van der Waals surface area contributed by atoms with Crippen LogP contribution < -0.4 is 0 Å². The third kappa shape index (κ3) is 10.1. The average Bonchev–Trinajstić information content (AvgIpc) is 3.02. The van der Waals surface area contributed by atoms with Gasteiger partial charge in [-0.2, -0.15) is 0 Å². The van der Waals surface area contributed by atoms with Gasteiger partial charge >= 0.3 is 17.9 Å². The van der Waals surface area contributed by atoms with Gasteiger partial charge in [-0.1, -0.05) is 26.7 Å². The van der Waals surface area contributed by atoms with Crippen molar-refractivity contribution in [3.63, 3.8) is 0 Å². The van der Waals surface area contributed by atoms with Crippen LogP contribution in [0.15, 0.2) is 11.6 Å². The number of aliphatic hydroxyl groups excluding tert-OH is 2. The van der Waals surface area contributed by atoms with E-state index in [4.69, 9.17) is 10.2 Å². The highest BCUT2D eigenvalue weighted by Gasteiger charge is 2.31. The van der Waals surface area contributed by atoms with Crippen LogP contribution in [0.1, 0.15) is 59.8 Å². The summed E-state index contributed by atoms with van der Waals surface area (Å²) in [7, 11) is 0. The first-order valence-electron chi connectivity index (χ1n) is 8.85. The zero-order valence-electron chi connectivity index (χ0n) is 15.9. The summed E-state index contributed by atoms with van der Waals surface area (Å²) in [4.78, 5) is 30.9. The third-order valence-corrected chi connectivity index (χ3v) is 3.48. The molecule has 1 fully saturated rings. The molecule has 0 aromatic carbocycles. The van der Waals surface area contributed by atoms with Gasteiger partial charge in [-0.25, -0.2) is 4.79 Å². The zero-order chi connectivity index (χ0) is 20.1. The highest BCUT2D eigenvalue weighted by Crippen LogP contribution is 2.24. The van der Waals surface area contributed by atoms with Crippen LogP contribution in [0.4, 0.5) is 0 Å². The van der Waals surface area contributed by atoms with Crippen LogP contribution in [-0.4, -0.2) is 47.3 Å². The van der Waals surface area contributed by atoms with E-state index in [-0.39, 0.29) is 17.9 Å². The van der Waals surface area contributed by atoms with Crippen LogP contribution in [0.25, 0.3) is 0 Å². The number of esters is 3. The SMILES string of the molecule is CCCC1=CC(=O)OC1O.CCCC1CC(=O)OC1O.CCOC(C)=O. The second-order valence-corrected chi connectivity index (χ2v) is 5.82. The topological polar surface area (TPSA) is 119 Å². The number of hydrogen-bond acceptors (Lipinski definition) is 8.